The highest BCUT2D eigenvalue weighted by Crippen LogP contribution is 2.27. The molecule has 0 aliphatic rings. The van der Waals surface area contributed by atoms with E-state index in [2.05, 4.69) is 15.3 Å². The number of carbonyl (C=O) groups excluding carboxylic acids is 1. The van der Waals surface area contributed by atoms with Crippen molar-refractivity contribution in [3.8, 4) is 0 Å². The van der Waals surface area contributed by atoms with Gasteiger partial charge in [-0.15, -0.1) is 0 Å². The Balaban J connectivity index is 1.46. The van der Waals surface area contributed by atoms with Crippen molar-refractivity contribution in [2.24, 2.45) is 0 Å². The molecule has 0 radical (unpaired) electrons. The molecule has 200 valence electrons. The van der Waals surface area contributed by atoms with Gasteiger partial charge in [-0.3, -0.25) is 24.5 Å². The number of hydrogen-bond acceptors (Lipinski definition) is 7. The molecule has 2 aromatic carbocycles. The Morgan fingerprint density at radius 2 is 1.95 bits per heavy atom. The Kier molecular flexibility index (Phi) is 7.85. The van der Waals surface area contributed by atoms with Crippen LogP contribution in [0.25, 0.3) is 16.3 Å². The SMILES string of the molecule is CN(Cc1cc2cc(CCO)n3cc(C(=O)NCc4ccc(Cl)cc4)c(=O)c(c1)c23)C[C@@H](O)c1cnccn1. The number of rotatable bonds is 10. The largest absolute Gasteiger partial charge is 0.396 e. The van der Waals surface area contributed by atoms with Crippen molar-refractivity contribution >= 4 is 33.8 Å². The summed E-state index contributed by atoms with van der Waals surface area (Å²) in [4.78, 5) is 36.8. The van der Waals surface area contributed by atoms with Gasteiger partial charge in [0, 0.05) is 72.7 Å². The molecule has 0 fully saturated rings. The van der Waals surface area contributed by atoms with Gasteiger partial charge in [0.15, 0.2) is 0 Å². The molecule has 0 spiro atoms. The van der Waals surface area contributed by atoms with E-state index in [1.807, 2.05) is 40.6 Å². The maximum absolute atomic E-state index is 13.6. The van der Waals surface area contributed by atoms with E-state index in [1.165, 1.54) is 12.4 Å². The number of likely N-dealkylation sites (N-methyl/N-ethyl adjacent to an activating group) is 1. The van der Waals surface area contributed by atoms with E-state index < -0.39 is 12.0 Å². The highest BCUT2D eigenvalue weighted by molar-refractivity contribution is 6.30. The molecule has 9 nitrogen and oxygen atoms in total. The van der Waals surface area contributed by atoms with Crippen LogP contribution in [0.4, 0.5) is 0 Å². The number of amides is 1. The minimum Gasteiger partial charge on any atom is -0.396 e. The van der Waals surface area contributed by atoms with Crippen LogP contribution in [0.5, 0.6) is 0 Å². The second-order valence-corrected chi connectivity index (χ2v) is 10.0. The smallest absolute Gasteiger partial charge is 0.257 e. The monoisotopic (exact) mass is 545 g/mol. The number of aromatic nitrogens is 3. The zero-order chi connectivity index (χ0) is 27.5. The molecule has 3 aromatic heterocycles. The molecular formula is C29H28ClN5O4. The summed E-state index contributed by atoms with van der Waals surface area (Å²) in [5.74, 6) is -0.480. The van der Waals surface area contributed by atoms with Gasteiger partial charge in [0.25, 0.3) is 5.91 Å². The summed E-state index contributed by atoms with van der Waals surface area (Å²) in [5, 5.41) is 24.9. The first-order valence-corrected chi connectivity index (χ1v) is 12.9. The Morgan fingerprint density at radius 1 is 1.15 bits per heavy atom. The van der Waals surface area contributed by atoms with Crippen molar-refractivity contribution in [3.63, 3.8) is 0 Å². The first-order valence-electron chi connectivity index (χ1n) is 12.5. The first-order chi connectivity index (χ1) is 18.8. The van der Waals surface area contributed by atoms with Crippen molar-refractivity contribution in [1.82, 2.24) is 24.6 Å². The van der Waals surface area contributed by atoms with E-state index in [0.717, 1.165) is 22.2 Å². The van der Waals surface area contributed by atoms with Crippen LogP contribution in [0.3, 0.4) is 0 Å². The number of aliphatic hydroxyl groups is 2. The molecule has 0 aliphatic carbocycles. The van der Waals surface area contributed by atoms with E-state index in [4.69, 9.17) is 11.6 Å². The third-order valence-corrected chi connectivity index (χ3v) is 6.91. The molecule has 0 saturated heterocycles. The topological polar surface area (TPSA) is 120 Å². The maximum Gasteiger partial charge on any atom is 0.257 e. The molecule has 1 atom stereocenters. The van der Waals surface area contributed by atoms with E-state index >= 15 is 0 Å². The average Bonchev–Trinajstić information content (AvgIpc) is 3.27. The van der Waals surface area contributed by atoms with E-state index in [1.54, 1.807) is 30.6 Å². The summed E-state index contributed by atoms with van der Waals surface area (Å²) in [5.41, 5.74) is 3.37. The molecule has 0 saturated carbocycles. The lowest BCUT2D eigenvalue weighted by atomic mass is 10.0. The number of pyridine rings is 1. The summed E-state index contributed by atoms with van der Waals surface area (Å²) in [7, 11) is 1.87. The van der Waals surface area contributed by atoms with E-state index in [0.29, 0.717) is 41.1 Å². The fraction of sp³-hybridized carbons (Fsp3) is 0.241. The summed E-state index contributed by atoms with van der Waals surface area (Å²) >= 11 is 5.95. The van der Waals surface area contributed by atoms with Crippen molar-refractivity contribution in [1.29, 1.82) is 0 Å². The van der Waals surface area contributed by atoms with Crippen molar-refractivity contribution in [2.45, 2.75) is 25.6 Å². The van der Waals surface area contributed by atoms with Crippen LogP contribution in [0.1, 0.15) is 39.0 Å². The van der Waals surface area contributed by atoms with Crippen molar-refractivity contribution in [3.05, 3.63) is 111 Å². The molecule has 0 bridgehead atoms. The van der Waals surface area contributed by atoms with Crippen LogP contribution in [0.2, 0.25) is 5.02 Å². The third-order valence-electron chi connectivity index (χ3n) is 6.66. The summed E-state index contributed by atoms with van der Waals surface area (Å²) in [6.45, 7) is 0.948. The average molecular weight is 546 g/mol. The molecule has 0 unspecified atom stereocenters. The third kappa shape index (κ3) is 5.76. The van der Waals surface area contributed by atoms with Crippen LogP contribution in [-0.4, -0.2) is 55.6 Å². The number of aliphatic hydroxyl groups excluding tert-OH is 2. The van der Waals surface area contributed by atoms with E-state index in [9.17, 15) is 19.8 Å². The predicted molar refractivity (Wildman–Crippen MR) is 149 cm³/mol. The molecule has 10 heteroatoms. The number of nitrogens with one attached hydrogen (secondary N) is 1. The number of benzene rings is 2. The van der Waals surface area contributed by atoms with Crippen LogP contribution >= 0.6 is 11.6 Å². The van der Waals surface area contributed by atoms with Gasteiger partial charge in [-0.05, 0) is 48.5 Å². The zero-order valence-electron chi connectivity index (χ0n) is 21.3. The standard InChI is InChI=1S/C29H28ClN5O4/c1-34(17-26(37)25-14-31-7-8-32-25)15-19-10-20-12-22(6-9-36)35-16-24(28(38)23(11-19)27(20)35)29(39)33-13-18-2-4-21(30)5-3-18/h2-5,7-8,10-12,14,16,26,36-37H,6,9,13,15,17H2,1H3,(H,33,39)/t26-/m1/s1. The van der Waals surface area contributed by atoms with Gasteiger partial charge in [-0.1, -0.05) is 23.7 Å². The van der Waals surface area contributed by atoms with Crippen molar-refractivity contribution < 1.29 is 15.0 Å². The number of hydrogen-bond donors (Lipinski definition) is 3. The number of halogens is 1. The maximum atomic E-state index is 13.6. The minimum atomic E-state index is -0.816. The zero-order valence-corrected chi connectivity index (χ0v) is 22.1. The van der Waals surface area contributed by atoms with Gasteiger partial charge in [0.1, 0.15) is 11.7 Å². The molecule has 39 heavy (non-hydrogen) atoms. The van der Waals surface area contributed by atoms with Crippen LogP contribution in [-0.2, 0) is 19.5 Å². The van der Waals surface area contributed by atoms with Crippen molar-refractivity contribution in [2.75, 3.05) is 20.2 Å². The summed E-state index contributed by atoms with van der Waals surface area (Å²) < 4.78 is 1.82. The van der Waals surface area contributed by atoms with Gasteiger partial charge >= 0.3 is 0 Å². The summed E-state index contributed by atoms with van der Waals surface area (Å²) in [6.07, 6.45) is 5.73. The molecule has 5 aromatic rings. The van der Waals surface area contributed by atoms with Crippen LogP contribution in [0, 0.1) is 0 Å². The van der Waals surface area contributed by atoms with E-state index in [-0.39, 0.29) is 24.1 Å². The normalized spacial score (nSPS) is 12.4. The Bertz CT molecular complexity index is 1660. The highest BCUT2D eigenvalue weighted by Gasteiger charge is 2.20. The molecular weight excluding hydrogens is 518 g/mol. The lowest BCUT2D eigenvalue weighted by molar-refractivity contribution is 0.0949. The Labute approximate surface area is 229 Å². The fourth-order valence-electron chi connectivity index (χ4n) is 4.83. The van der Waals surface area contributed by atoms with Crippen LogP contribution < -0.4 is 10.7 Å². The lowest BCUT2D eigenvalue weighted by Crippen LogP contribution is -2.29. The lowest BCUT2D eigenvalue weighted by Gasteiger charge is -2.20. The van der Waals surface area contributed by atoms with Gasteiger partial charge in [-0.25, -0.2) is 0 Å². The highest BCUT2D eigenvalue weighted by atomic mass is 35.5. The molecule has 3 N–H and O–H groups in total. The molecule has 5 rings (SSSR count). The molecule has 0 aliphatic heterocycles. The first kappa shape index (κ1) is 26.7. The fourth-order valence-corrected chi connectivity index (χ4v) is 4.96. The molecule has 1 amide bonds. The second kappa shape index (κ2) is 11.5. The quantitative estimate of drug-likeness (QED) is 0.247. The van der Waals surface area contributed by atoms with Gasteiger partial charge in [-0.2, -0.15) is 0 Å². The number of nitrogens with zero attached hydrogens (tertiary/aromatic N) is 4. The Morgan fingerprint density at radius 3 is 2.67 bits per heavy atom. The van der Waals surface area contributed by atoms with Gasteiger partial charge < -0.3 is 19.9 Å². The predicted octanol–water partition coefficient (Wildman–Crippen LogP) is 2.96. The number of carbonyl (C=O) groups is 1. The Hall–Kier alpha value is -3.89. The minimum absolute atomic E-state index is 0.0248. The van der Waals surface area contributed by atoms with Gasteiger partial charge in [0.05, 0.1) is 17.4 Å². The summed E-state index contributed by atoms with van der Waals surface area (Å²) in [6, 6.07) is 12.8. The van der Waals surface area contributed by atoms with Gasteiger partial charge in [0.2, 0.25) is 5.43 Å². The molecule has 3 heterocycles. The van der Waals surface area contributed by atoms with Crippen LogP contribution in [0.15, 0.2) is 72.0 Å². The second-order valence-electron chi connectivity index (χ2n) is 9.58.